The summed E-state index contributed by atoms with van der Waals surface area (Å²) >= 11 is 0. The number of rotatable bonds is 4. The number of hydrogen-bond acceptors (Lipinski definition) is 4. The maximum atomic E-state index is 7.29. The Hall–Kier alpha value is -1.54. The molecule has 0 aromatic heterocycles. The summed E-state index contributed by atoms with van der Waals surface area (Å²) in [7, 11) is 4.00. The van der Waals surface area contributed by atoms with Crippen molar-refractivity contribution in [3.63, 3.8) is 0 Å². The van der Waals surface area contributed by atoms with Crippen LogP contribution in [-0.2, 0) is 0 Å². The average molecular weight is 369 g/mol. The molecule has 0 saturated carbocycles. The van der Waals surface area contributed by atoms with Crippen LogP contribution in [0.5, 0.6) is 0 Å². The number of hydrogen-bond donors (Lipinski definition) is 6. The van der Waals surface area contributed by atoms with Crippen molar-refractivity contribution in [1.82, 2.24) is 20.4 Å². The van der Waals surface area contributed by atoms with Crippen molar-refractivity contribution in [3.05, 3.63) is 0 Å². The molecule has 2 fully saturated rings. The Balaban J connectivity index is 0.000000260. The van der Waals surface area contributed by atoms with Gasteiger partial charge in [-0.25, -0.2) is 0 Å². The van der Waals surface area contributed by atoms with Crippen molar-refractivity contribution < 1.29 is 0 Å². The highest BCUT2D eigenvalue weighted by Crippen LogP contribution is 2.20. The number of guanidine groups is 2. The lowest BCUT2D eigenvalue weighted by atomic mass is 9.90. The Morgan fingerprint density at radius 2 is 1.04 bits per heavy atom. The zero-order valence-corrected chi connectivity index (χ0v) is 17.0. The minimum Gasteiger partial charge on any atom is -0.370 e. The van der Waals surface area contributed by atoms with E-state index in [0.717, 1.165) is 63.7 Å². The fourth-order valence-electron chi connectivity index (χ4n) is 3.75. The van der Waals surface area contributed by atoms with Gasteiger partial charge in [0.25, 0.3) is 0 Å². The molecule has 0 amide bonds. The van der Waals surface area contributed by atoms with E-state index in [1.54, 1.807) is 0 Å². The summed E-state index contributed by atoms with van der Waals surface area (Å²) in [6.07, 6.45) is 4.56. The molecule has 2 aliphatic heterocycles. The maximum absolute atomic E-state index is 7.29. The van der Waals surface area contributed by atoms with Gasteiger partial charge in [-0.05, 0) is 65.5 Å². The molecular formula is C18H40N8. The van der Waals surface area contributed by atoms with Gasteiger partial charge in [-0.3, -0.25) is 10.8 Å². The first kappa shape index (κ1) is 22.5. The van der Waals surface area contributed by atoms with Gasteiger partial charge >= 0.3 is 0 Å². The van der Waals surface area contributed by atoms with Crippen molar-refractivity contribution in [2.45, 2.75) is 51.6 Å². The van der Waals surface area contributed by atoms with E-state index in [1.165, 1.54) is 0 Å². The predicted octanol–water partition coefficient (Wildman–Crippen LogP) is 0.400. The quantitative estimate of drug-likeness (QED) is 0.315. The van der Waals surface area contributed by atoms with E-state index in [-0.39, 0.29) is 11.9 Å². The predicted molar refractivity (Wildman–Crippen MR) is 109 cm³/mol. The molecule has 2 aliphatic rings. The van der Waals surface area contributed by atoms with Gasteiger partial charge in [0.1, 0.15) is 0 Å². The minimum atomic E-state index is 0.218. The van der Waals surface area contributed by atoms with E-state index < -0.39 is 0 Å². The smallest absolute Gasteiger partial charge is 0.188 e. The third-order valence-electron chi connectivity index (χ3n) is 6.09. The normalized spacial score (nSPS) is 21.5. The van der Waals surface area contributed by atoms with Crippen LogP contribution in [0.3, 0.4) is 0 Å². The molecule has 2 atom stereocenters. The molecule has 152 valence electrons. The van der Waals surface area contributed by atoms with Crippen LogP contribution < -0.4 is 22.1 Å². The monoisotopic (exact) mass is 368 g/mol. The molecule has 8 nitrogen and oxygen atoms in total. The second kappa shape index (κ2) is 11.2. The summed E-state index contributed by atoms with van der Waals surface area (Å²) in [4.78, 5) is 3.89. The maximum Gasteiger partial charge on any atom is 0.188 e. The van der Waals surface area contributed by atoms with Gasteiger partial charge in [-0.2, -0.15) is 0 Å². The van der Waals surface area contributed by atoms with Gasteiger partial charge in [-0.1, -0.05) is 0 Å². The molecule has 0 bridgehead atoms. The van der Waals surface area contributed by atoms with E-state index in [1.807, 2.05) is 23.9 Å². The number of nitrogens with two attached hydrogens (primary N) is 2. The molecule has 0 radical (unpaired) electrons. The zero-order valence-electron chi connectivity index (χ0n) is 17.0. The van der Waals surface area contributed by atoms with Gasteiger partial charge in [0.05, 0.1) is 0 Å². The Labute approximate surface area is 159 Å². The van der Waals surface area contributed by atoms with E-state index in [0.29, 0.717) is 12.1 Å². The molecule has 0 spiro atoms. The molecule has 0 aliphatic carbocycles. The number of nitrogens with one attached hydrogen (secondary N) is 4. The van der Waals surface area contributed by atoms with Gasteiger partial charge in [0.15, 0.2) is 11.9 Å². The summed E-state index contributed by atoms with van der Waals surface area (Å²) in [6.45, 7) is 8.18. The first-order valence-corrected chi connectivity index (χ1v) is 9.82. The van der Waals surface area contributed by atoms with Crippen molar-refractivity contribution in [2.24, 2.45) is 23.3 Å². The topological polar surface area (TPSA) is 130 Å². The van der Waals surface area contributed by atoms with Crippen LogP contribution >= 0.6 is 0 Å². The fraction of sp³-hybridized carbons (Fsp3) is 0.889. The Morgan fingerprint density at radius 1 is 0.769 bits per heavy atom. The highest BCUT2D eigenvalue weighted by Gasteiger charge is 2.24. The van der Waals surface area contributed by atoms with Crippen LogP contribution in [0, 0.1) is 22.7 Å². The van der Waals surface area contributed by atoms with Crippen LogP contribution in [0.4, 0.5) is 0 Å². The van der Waals surface area contributed by atoms with Gasteiger partial charge in [0.2, 0.25) is 0 Å². The van der Waals surface area contributed by atoms with Gasteiger partial charge < -0.3 is 31.9 Å². The Bertz CT molecular complexity index is 385. The number of nitrogens with zero attached hydrogens (tertiary/aromatic N) is 2. The van der Waals surface area contributed by atoms with Crippen LogP contribution in [0.1, 0.15) is 39.5 Å². The first-order chi connectivity index (χ1) is 12.3. The van der Waals surface area contributed by atoms with Crippen LogP contribution in [0.15, 0.2) is 0 Å². The Morgan fingerprint density at radius 3 is 1.23 bits per heavy atom. The summed E-state index contributed by atoms with van der Waals surface area (Å²) in [5.41, 5.74) is 10.8. The lowest BCUT2D eigenvalue weighted by molar-refractivity contribution is 0.227. The van der Waals surface area contributed by atoms with Crippen molar-refractivity contribution in [2.75, 3.05) is 40.3 Å². The van der Waals surface area contributed by atoms with Gasteiger partial charge in [0, 0.05) is 38.3 Å². The van der Waals surface area contributed by atoms with Crippen molar-refractivity contribution in [3.8, 4) is 0 Å². The molecule has 2 rings (SSSR count). The molecular weight excluding hydrogens is 328 g/mol. The Kier molecular flexibility index (Phi) is 9.72. The molecule has 0 aromatic rings. The molecule has 8 heteroatoms. The van der Waals surface area contributed by atoms with E-state index in [2.05, 4.69) is 24.5 Å². The largest absolute Gasteiger partial charge is 0.370 e. The third-order valence-corrected chi connectivity index (χ3v) is 6.09. The highest BCUT2D eigenvalue weighted by molar-refractivity contribution is 5.74. The summed E-state index contributed by atoms with van der Waals surface area (Å²) < 4.78 is 0. The summed E-state index contributed by atoms with van der Waals surface area (Å²) in [6, 6.07) is 1.16. The summed E-state index contributed by atoms with van der Waals surface area (Å²) in [5, 5.41) is 21.1. The van der Waals surface area contributed by atoms with Crippen LogP contribution in [-0.4, -0.2) is 74.1 Å². The van der Waals surface area contributed by atoms with Crippen molar-refractivity contribution in [1.29, 1.82) is 10.8 Å². The highest BCUT2D eigenvalue weighted by atomic mass is 15.2. The van der Waals surface area contributed by atoms with E-state index in [9.17, 15) is 0 Å². The third kappa shape index (κ3) is 6.99. The van der Waals surface area contributed by atoms with Crippen LogP contribution in [0.2, 0.25) is 0 Å². The lowest BCUT2D eigenvalue weighted by Gasteiger charge is -2.34. The number of piperidine rings is 2. The van der Waals surface area contributed by atoms with Crippen LogP contribution in [0.25, 0.3) is 0 Å². The average Bonchev–Trinajstić information content (AvgIpc) is 2.67. The molecule has 8 N–H and O–H groups in total. The molecule has 2 saturated heterocycles. The van der Waals surface area contributed by atoms with E-state index in [4.69, 9.17) is 22.3 Å². The lowest BCUT2D eigenvalue weighted by Crippen LogP contribution is -2.45. The van der Waals surface area contributed by atoms with Crippen molar-refractivity contribution >= 4 is 11.9 Å². The minimum absolute atomic E-state index is 0.218. The van der Waals surface area contributed by atoms with E-state index >= 15 is 0 Å². The summed E-state index contributed by atoms with van der Waals surface area (Å²) in [5.74, 6) is 1.91. The zero-order chi connectivity index (χ0) is 19.7. The van der Waals surface area contributed by atoms with Gasteiger partial charge in [-0.15, -0.1) is 0 Å². The standard InChI is InChI=1S/2C9H20N4/c2*1-7(12-2)8-3-5-13(6-4-8)9(10)11/h2*7-8,12H,3-6H2,1-2H3,(H3,10,11). The molecule has 2 unspecified atom stereocenters. The molecule has 2 heterocycles. The SMILES string of the molecule is CNC(C)C1CCN(C(=N)N)CC1.CNC(C)C1CCN(C(=N)N)CC1. The molecule has 26 heavy (non-hydrogen) atoms. The fourth-order valence-corrected chi connectivity index (χ4v) is 3.75. The molecule has 0 aromatic carbocycles. The number of likely N-dealkylation sites (tertiary alicyclic amines) is 2. The second-order valence-electron chi connectivity index (χ2n) is 7.57. The first-order valence-electron chi connectivity index (χ1n) is 9.82. The second-order valence-corrected chi connectivity index (χ2v) is 7.57.